The van der Waals surface area contributed by atoms with Gasteiger partial charge in [-0.15, -0.1) is 11.3 Å². The van der Waals surface area contributed by atoms with E-state index < -0.39 is 0 Å². The fraction of sp³-hybridized carbons (Fsp3) is 0.333. The first kappa shape index (κ1) is 9.21. The fourth-order valence-corrected chi connectivity index (χ4v) is 1.86. The average Bonchev–Trinajstić information content (AvgIpc) is 2.63. The lowest BCUT2D eigenvalue weighted by Crippen LogP contribution is -2.01. The van der Waals surface area contributed by atoms with Crippen LogP contribution >= 0.6 is 11.3 Å². The smallest absolute Gasteiger partial charge is 0.318 e. The Bertz CT molecular complexity index is 441. The highest BCUT2D eigenvalue weighted by Crippen LogP contribution is 2.25. The van der Waals surface area contributed by atoms with E-state index in [-0.39, 0.29) is 0 Å². The van der Waals surface area contributed by atoms with Gasteiger partial charge in [0.05, 0.1) is 16.8 Å². The summed E-state index contributed by atoms with van der Waals surface area (Å²) in [6, 6.07) is 2.28. The van der Waals surface area contributed by atoms with Crippen LogP contribution in [-0.2, 0) is 0 Å². The molecule has 14 heavy (non-hydrogen) atoms. The van der Waals surface area contributed by atoms with Crippen LogP contribution in [0.15, 0.2) is 11.4 Å². The molecule has 2 aromatic heterocycles. The highest BCUT2D eigenvalue weighted by molar-refractivity contribution is 7.17. The number of anilines is 1. The maximum atomic E-state index is 5.75. The van der Waals surface area contributed by atoms with E-state index in [1.54, 1.807) is 11.3 Å². The van der Waals surface area contributed by atoms with Gasteiger partial charge in [0.1, 0.15) is 5.82 Å². The Kier molecular flexibility index (Phi) is 2.49. The third-order valence-corrected chi connectivity index (χ3v) is 2.67. The van der Waals surface area contributed by atoms with Gasteiger partial charge in [-0.05, 0) is 17.9 Å². The van der Waals surface area contributed by atoms with Crippen molar-refractivity contribution in [1.29, 1.82) is 0 Å². The summed E-state index contributed by atoms with van der Waals surface area (Å²) in [6.45, 7) is 2.65. The van der Waals surface area contributed by atoms with Gasteiger partial charge in [0.2, 0.25) is 0 Å². The van der Waals surface area contributed by atoms with Crippen LogP contribution < -0.4 is 10.5 Å². The Balaban J connectivity index is 2.38. The minimum absolute atomic E-state index is 0.371. The van der Waals surface area contributed by atoms with Crippen molar-refractivity contribution in [2.45, 2.75) is 13.3 Å². The van der Waals surface area contributed by atoms with Crippen molar-refractivity contribution in [2.75, 3.05) is 12.3 Å². The van der Waals surface area contributed by atoms with Crippen LogP contribution in [0.25, 0.3) is 10.2 Å². The van der Waals surface area contributed by atoms with Crippen molar-refractivity contribution in [3.63, 3.8) is 0 Å². The molecule has 0 radical (unpaired) electrons. The quantitative estimate of drug-likeness (QED) is 0.840. The highest BCUT2D eigenvalue weighted by atomic mass is 32.1. The molecule has 2 rings (SSSR count). The number of nitrogen functional groups attached to an aromatic ring is 1. The molecule has 0 atom stereocenters. The van der Waals surface area contributed by atoms with Crippen molar-refractivity contribution < 1.29 is 4.74 Å². The number of ether oxygens (including phenoxy) is 1. The van der Waals surface area contributed by atoms with Crippen LogP contribution in [-0.4, -0.2) is 16.6 Å². The topological polar surface area (TPSA) is 61.0 Å². The van der Waals surface area contributed by atoms with Crippen LogP contribution in [0.3, 0.4) is 0 Å². The Morgan fingerprint density at radius 3 is 3.14 bits per heavy atom. The summed E-state index contributed by atoms with van der Waals surface area (Å²) in [7, 11) is 0. The summed E-state index contributed by atoms with van der Waals surface area (Å²) < 4.78 is 6.24. The molecule has 0 spiro atoms. The molecule has 2 heterocycles. The summed E-state index contributed by atoms with van der Waals surface area (Å²) in [5.74, 6) is 0.496. The first-order valence-electron chi connectivity index (χ1n) is 4.44. The molecule has 0 aromatic carbocycles. The number of hydrogen-bond donors (Lipinski definition) is 1. The minimum Gasteiger partial charge on any atom is -0.463 e. The summed E-state index contributed by atoms with van der Waals surface area (Å²) in [4.78, 5) is 8.30. The molecule has 0 saturated carbocycles. The van der Waals surface area contributed by atoms with Gasteiger partial charge >= 0.3 is 6.01 Å². The second kappa shape index (κ2) is 3.79. The molecule has 74 valence electrons. The molecule has 0 amide bonds. The van der Waals surface area contributed by atoms with Crippen LogP contribution in [0, 0.1) is 0 Å². The van der Waals surface area contributed by atoms with Crippen molar-refractivity contribution >= 4 is 27.4 Å². The molecule has 0 fully saturated rings. The Labute approximate surface area is 85.7 Å². The molecule has 2 aromatic rings. The predicted molar refractivity (Wildman–Crippen MR) is 57.6 cm³/mol. The molecular formula is C9H11N3OS. The van der Waals surface area contributed by atoms with Crippen LogP contribution in [0.5, 0.6) is 6.01 Å². The van der Waals surface area contributed by atoms with E-state index in [0.717, 1.165) is 16.6 Å². The van der Waals surface area contributed by atoms with Gasteiger partial charge < -0.3 is 10.5 Å². The summed E-state index contributed by atoms with van der Waals surface area (Å²) in [5, 5.41) is 1.94. The maximum absolute atomic E-state index is 5.75. The van der Waals surface area contributed by atoms with Crippen molar-refractivity contribution in [2.24, 2.45) is 0 Å². The Morgan fingerprint density at radius 2 is 2.36 bits per heavy atom. The van der Waals surface area contributed by atoms with E-state index in [4.69, 9.17) is 10.5 Å². The molecule has 4 nitrogen and oxygen atoms in total. The SMILES string of the molecule is CCCOc1nc(N)c2sccc2n1. The fourth-order valence-electron chi connectivity index (χ4n) is 1.12. The van der Waals surface area contributed by atoms with Gasteiger partial charge in [-0.1, -0.05) is 6.92 Å². The van der Waals surface area contributed by atoms with E-state index in [0.29, 0.717) is 18.4 Å². The van der Waals surface area contributed by atoms with Gasteiger partial charge in [0.25, 0.3) is 0 Å². The third-order valence-electron chi connectivity index (χ3n) is 1.74. The van der Waals surface area contributed by atoms with Crippen molar-refractivity contribution in [3.05, 3.63) is 11.4 Å². The van der Waals surface area contributed by atoms with Crippen LogP contribution in [0.1, 0.15) is 13.3 Å². The molecule has 0 aliphatic carbocycles. The van der Waals surface area contributed by atoms with Crippen LogP contribution in [0.2, 0.25) is 0 Å². The van der Waals surface area contributed by atoms with Gasteiger partial charge in [-0.25, -0.2) is 0 Å². The van der Waals surface area contributed by atoms with Gasteiger partial charge in [0.15, 0.2) is 0 Å². The zero-order valence-electron chi connectivity index (χ0n) is 7.86. The van der Waals surface area contributed by atoms with Gasteiger partial charge in [0, 0.05) is 0 Å². The van der Waals surface area contributed by atoms with E-state index >= 15 is 0 Å². The molecule has 0 aliphatic heterocycles. The summed E-state index contributed by atoms with van der Waals surface area (Å²) in [6.07, 6.45) is 0.935. The zero-order valence-corrected chi connectivity index (χ0v) is 8.67. The molecule has 0 saturated heterocycles. The number of thiophene rings is 1. The Hall–Kier alpha value is -1.36. The molecule has 0 aliphatic rings. The monoisotopic (exact) mass is 209 g/mol. The predicted octanol–water partition coefficient (Wildman–Crippen LogP) is 2.06. The number of hydrogen-bond acceptors (Lipinski definition) is 5. The standard InChI is InChI=1S/C9H11N3OS/c1-2-4-13-9-11-6-3-5-14-7(6)8(10)12-9/h3,5H,2,4H2,1H3,(H2,10,11,12). The second-order valence-corrected chi connectivity index (χ2v) is 3.79. The molecule has 0 unspecified atom stereocenters. The number of aromatic nitrogens is 2. The lowest BCUT2D eigenvalue weighted by Gasteiger charge is -2.03. The molecule has 2 N–H and O–H groups in total. The summed E-state index contributed by atoms with van der Waals surface area (Å²) in [5.41, 5.74) is 6.61. The summed E-state index contributed by atoms with van der Waals surface area (Å²) >= 11 is 1.54. The van der Waals surface area contributed by atoms with Gasteiger partial charge in [-0.2, -0.15) is 9.97 Å². The van der Waals surface area contributed by atoms with E-state index in [1.165, 1.54) is 0 Å². The van der Waals surface area contributed by atoms with Crippen molar-refractivity contribution in [3.8, 4) is 6.01 Å². The lowest BCUT2D eigenvalue weighted by molar-refractivity contribution is 0.294. The normalized spacial score (nSPS) is 10.6. The van der Waals surface area contributed by atoms with Crippen molar-refractivity contribution in [1.82, 2.24) is 9.97 Å². The minimum atomic E-state index is 0.371. The van der Waals surface area contributed by atoms with E-state index in [9.17, 15) is 0 Å². The first-order valence-corrected chi connectivity index (χ1v) is 5.32. The van der Waals surface area contributed by atoms with E-state index in [1.807, 2.05) is 18.4 Å². The largest absolute Gasteiger partial charge is 0.463 e. The number of rotatable bonds is 3. The van der Waals surface area contributed by atoms with Crippen LogP contribution in [0.4, 0.5) is 5.82 Å². The number of nitrogens with two attached hydrogens (primary N) is 1. The lowest BCUT2D eigenvalue weighted by atomic mass is 10.4. The molecule has 0 bridgehead atoms. The first-order chi connectivity index (χ1) is 6.81. The molecular weight excluding hydrogens is 198 g/mol. The third kappa shape index (κ3) is 1.63. The second-order valence-electron chi connectivity index (χ2n) is 2.87. The van der Waals surface area contributed by atoms with E-state index in [2.05, 4.69) is 9.97 Å². The Morgan fingerprint density at radius 1 is 1.50 bits per heavy atom. The number of fused-ring (bicyclic) bond motifs is 1. The average molecular weight is 209 g/mol. The highest BCUT2D eigenvalue weighted by Gasteiger charge is 2.06. The number of nitrogens with zero attached hydrogens (tertiary/aromatic N) is 2. The van der Waals surface area contributed by atoms with Gasteiger partial charge in [-0.3, -0.25) is 0 Å². The maximum Gasteiger partial charge on any atom is 0.318 e. The molecule has 5 heteroatoms. The zero-order chi connectivity index (χ0) is 9.97.